The predicted octanol–water partition coefficient (Wildman–Crippen LogP) is 2.54. The summed E-state index contributed by atoms with van der Waals surface area (Å²) >= 11 is 0. The third-order valence-electron chi connectivity index (χ3n) is 3.53. The van der Waals surface area contributed by atoms with Gasteiger partial charge in [0.1, 0.15) is 5.82 Å². The predicted molar refractivity (Wildman–Crippen MR) is 83.8 cm³/mol. The van der Waals surface area contributed by atoms with Gasteiger partial charge in [-0.3, -0.25) is 0 Å². The number of aromatic nitrogens is 1. The number of piperazine rings is 1. The van der Waals surface area contributed by atoms with Crippen molar-refractivity contribution >= 4 is 17.2 Å². The number of anilines is 3. The molecule has 0 amide bonds. The molecule has 0 aliphatic carbocycles. The van der Waals surface area contributed by atoms with E-state index in [0.717, 1.165) is 37.7 Å². The number of nitrogens with zero attached hydrogens (tertiary/aromatic N) is 2. The minimum Gasteiger partial charge on any atom is -0.369 e. The molecule has 104 valence electrons. The molecule has 0 spiro atoms. The highest BCUT2D eigenvalue weighted by Crippen LogP contribution is 2.20. The van der Waals surface area contributed by atoms with Crippen LogP contribution in [0.5, 0.6) is 0 Å². The summed E-state index contributed by atoms with van der Waals surface area (Å²) in [6.07, 6.45) is 1.87. The molecule has 0 unspecified atom stereocenters. The second kappa shape index (κ2) is 5.92. The highest BCUT2D eigenvalue weighted by Gasteiger charge is 2.09. The zero-order chi connectivity index (χ0) is 13.8. The van der Waals surface area contributed by atoms with Crippen molar-refractivity contribution in [2.24, 2.45) is 0 Å². The molecule has 20 heavy (non-hydrogen) atoms. The Morgan fingerprint density at radius 2 is 1.80 bits per heavy atom. The van der Waals surface area contributed by atoms with E-state index in [4.69, 9.17) is 0 Å². The zero-order valence-electron chi connectivity index (χ0n) is 11.8. The molecule has 1 saturated heterocycles. The van der Waals surface area contributed by atoms with E-state index < -0.39 is 0 Å². The highest BCUT2D eigenvalue weighted by molar-refractivity contribution is 5.60. The SMILES string of the molecule is Cc1ccc(Nc2ccc(N3CCNCC3)cc2)nc1. The monoisotopic (exact) mass is 268 g/mol. The minimum absolute atomic E-state index is 0.880. The molecule has 1 fully saturated rings. The third-order valence-corrected chi connectivity index (χ3v) is 3.53. The lowest BCUT2D eigenvalue weighted by molar-refractivity contribution is 0.589. The number of pyridine rings is 1. The molecular weight excluding hydrogens is 248 g/mol. The van der Waals surface area contributed by atoms with Crippen molar-refractivity contribution in [3.8, 4) is 0 Å². The van der Waals surface area contributed by atoms with Crippen LogP contribution in [0.2, 0.25) is 0 Å². The number of hydrogen-bond acceptors (Lipinski definition) is 4. The summed E-state index contributed by atoms with van der Waals surface area (Å²) in [5, 5.41) is 6.69. The topological polar surface area (TPSA) is 40.2 Å². The normalized spacial score (nSPS) is 15.2. The van der Waals surface area contributed by atoms with Gasteiger partial charge in [-0.2, -0.15) is 0 Å². The van der Waals surface area contributed by atoms with Crippen molar-refractivity contribution in [1.82, 2.24) is 10.3 Å². The molecule has 0 bridgehead atoms. The van der Waals surface area contributed by atoms with Gasteiger partial charge in [-0.05, 0) is 42.8 Å². The average molecular weight is 268 g/mol. The fourth-order valence-corrected chi connectivity index (χ4v) is 2.37. The van der Waals surface area contributed by atoms with Gasteiger partial charge in [0.2, 0.25) is 0 Å². The van der Waals surface area contributed by atoms with Crippen LogP contribution in [0.1, 0.15) is 5.56 Å². The maximum Gasteiger partial charge on any atom is 0.130 e. The van der Waals surface area contributed by atoms with Gasteiger partial charge >= 0.3 is 0 Å². The lowest BCUT2D eigenvalue weighted by Crippen LogP contribution is -2.43. The fourth-order valence-electron chi connectivity index (χ4n) is 2.37. The van der Waals surface area contributed by atoms with Gasteiger partial charge in [-0.15, -0.1) is 0 Å². The van der Waals surface area contributed by atoms with Crippen molar-refractivity contribution in [2.45, 2.75) is 6.92 Å². The molecule has 0 radical (unpaired) electrons. The van der Waals surface area contributed by atoms with Gasteiger partial charge in [0, 0.05) is 43.8 Å². The molecule has 1 aromatic heterocycles. The molecular formula is C16H20N4. The minimum atomic E-state index is 0.880. The lowest BCUT2D eigenvalue weighted by Gasteiger charge is -2.29. The lowest BCUT2D eigenvalue weighted by atomic mass is 10.2. The van der Waals surface area contributed by atoms with E-state index in [0.29, 0.717) is 0 Å². The Morgan fingerprint density at radius 3 is 2.45 bits per heavy atom. The van der Waals surface area contributed by atoms with Crippen LogP contribution in [0.4, 0.5) is 17.2 Å². The summed E-state index contributed by atoms with van der Waals surface area (Å²) in [6.45, 7) is 6.32. The van der Waals surface area contributed by atoms with E-state index in [9.17, 15) is 0 Å². The Bertz CT molecular complexity index is 542. The van der Waals surface area contributed by atoms with Crippen molar-refractivity contribution in [2.75, 3.05) is 36.4 Å². The Hall–Kier alpha value is -2.07. The van der Waals surface area contributed by atoms with Gasteiger partial charge in [0.15, 0.2) is 0 Å². The molecule has 1 aliphatic heterocycles. The van der Waals surface area contributed by atoms with E-state index in [-0.39, 0.29) is 0 Å². The third kappa shape index (κ3) is 3.08. The first-order valence-electron chi connectivity index (χ1n) is 7.07. The van der Waals surface area contributed by atoms with Gasteiger partial charge in [-0.25, -0.2) is 4.98 Å². The summed E-state index contributed by atoms with van der Waals surface area (Å²) in [5.74, 6) is 0.880. The number of nitrogens with one attached hydrogen (secondary N) is 2. The van der Waals surface area contributed by atoms with Crippen LogP contribution in [0, 0.1) is 6.92 Å². The smallest absolute Gasteiger partial charge is 0.130 e. The van der Waals surface area contributed by atoms with Gasteiger partial charge in [0.25, 0.3) is 0 Å². The maximum atomic E-state index is 4.36. The van der Waals surface area contributed by atoms with Crippen LogP contribution >= 0.6 is 0 Å². The summed E-state index contributed by atoms with van der Waals surface area (Å²) < 4.78 is 0. The van der Waals surface area contributed by atoms with E-state index in [1.165, 1.54) is 11.3 Å². The van der Waals surface area contributed by atoms with Gasteiger partial charge < -0.3 is 15.5 Å². The van der Waals surface area contributed by atoms with E-state index in [1.807, 2.05) is 19.2 Å². The summed E-state index contributed by atoms with van der Waals surface area (Å²) in [7, 11) is 0. The highest BCUT2D eigenvalue weighted by atomic mass is 15.2. The van der Waals surface area contributed by atoms with Crippen LogP contribution < -0.4 is 15.5 Å². The molecule has 0 atom stereocenters. The second-order valence-corrected chi connectivity index (χ2v) is 5.13. The molecule has 2 N–H and O–H groups in total. The number of benzene rings is 1. The molecule has 3 rings (SSSR count). The molecule has 4 nitrogen and oxygen atoms in total. The Labute approximate surface area is 119 Å². The van der Waals surface area contributed by atoms with Crippen LogP contribution in [0.3, 0.4) is 0 Å². The van der Waals surface area contributed by atoms with Crippen LogP contribution in [-0.4, -0.2) is 31.2 Å². The number of rotatable bonds is 3. The van der Waals surface area contributed by atoms with Crippen LogP contribution in [-0.2, 0) is 0 Å². The van der Waals surface area contributed by atoms with E-state index in [2.05, 4.69) is 50.8 Å². The van der Waals surface area contributed by atoms with Gasteiger partial charge in [0.05, 0.1) is 0 Å². The standard InChI is InChI=1S/C16H20N4/c1-13-2-7-16(18-12-13)19-14-3-5-15(6-4-14)20-10-8-17-9-11-20/h2-7,12,17H,8-11H2,1H3,(H,18,19). The van der Waals surface area contributed by atoms with Crippen molar-refractivity contribution < 1.29 is 0 Å². The first kappa shape index (κ1) is 12.9. The zero-order valence-corrected chi connectivity index (χ0v) is 11.8. The number of aryl methyl sites for hydroxylation is 1. The van der Waals surface area contributed by atoms with Crippen LogP contribution in [0.25, 0.3) is 0 Å². The Kier molecular flexibility index (Phi) is 3.83. The quantitative estimate of drug-likeness (QED) is 0.897. The fraction of sp³-hybridized carbons (Fsp3) is 0.312. The average Bonchev–Trinajstić information content (AvgIpc) is 2.51. The molecule has 4 heteroatoms. The maximum absolute atomic E-state index is 4.36. The number of hydrogen-bond donors (Lipinski definition) is 2. The largest absolute Gasteiger partial charge is 0.369 e. The van der Waals surface area contributed by atoms with Crippen molar-refractivity contribution in [3.63, 3.8) is 0 Å². The summed E-state index contributed by atoms with van der Waals surface area (Å²) in [4.78, 5) is 6.76. The molecule has 2 heterocycles. The van der Waals surface area contributed by atoms with E-state index in [1.54, 1.807) is 0 Å². The Balaban J connectivity index is 1.67. The van der Waals surface area contributed by atoms with Crippen molar-refractivity contribution in [1.29, 1.82) is 0 Å². The first-order chi connectivity index (χ1) is 9.81. The first-order valence-corrected chi connectivity index (χ1v) is 7.07. The molecule has 1 aromatic carbocycles. The van der Waals surface area contributed by atoms with Gasteiger partial charge in [-0.1, -0.05) is 6.07 Å². The molecule has 2 aromatic rings. The molecule has 0 saturated carbocycles. The second-order valence-electron chi connectivity index (χ2n) is 5.13. The summed E-state index contributed by atoms with van der Waals surface area (Å²) in [5.41, 5.74) is 3.53. The van der Waals surface area contributed by atoms with Crippen molar-refractivity contribution in [3.05, 3.63) is 48.2 Å². The summed E-state index contributed by atoms with van der Waals surface area (Å²) in [6, 6.07) is 12.6. The van der Waals surface area contributed by atoms with Crippen LogP contribution in [0.15, 0.2) is 42.6 Å². The molecule has 1 aliphatic rings. The Morgan fingerprint density at radius 1 is 1.05 bits per heavy atom. The van der Waals surface area contributed by atoms with E-state index >= 15 is 0 Å².